The number of ether oxygens (including phenoxy) is 12. The Morgan fingerprint density at radius 2 is 0.722 bits per heavy atom. The van der Waals surface area contributed by atoms with E-state index in [-0.39, 0.29) is 123 Å². The molecule has 0 aliphatic heterocycles. The molecule has 7 N–H and O–H groups in total. The van der Waals surface area contributed by atoms with Gasteiger partial charge in [-0.2, -0.15) is 0 Å². The van der Waals surface area contributed by atoms with Gasteiger partial charge in [-0.3, -0.25) is 34.1 Å². The van der Waals surface area contributed by atoms with Crippen LogP contribution in [0.25, 0.3) is 32.7 Å². The number of nitrogens with one attached hydrogen (secondary N) is 4. The Hall–Kier alpha value is -8.57. The van der Waals surface area contributed by atoms with Crippen molar-refractivity contribution < 1.29 is 91.3 Å². The van der Waals surface area contributed by atoms with E-state index in [1.165, 1.54) is 12.3 Å². The SMILES string of the molecule is COCCOCCOCCOc1cc(CNC(=O)C(CCCCNC(=O)c2ccc3cccnc3c2O)(CCCCNC(=O)c2ccc3cccnc3c2O)CCCNC(=O)c2ccc3cccnc3c2O)cc(OCCOCCOCCOC)c1OCCOCCOCCOC. The summed E-state index contributed by atoms with van der Waals surface area (Å²) in [6.45, 7) is 6.07. The summed E-state index contributed by atoms with van der Waals surface area (Å²) >= 11 is 0. The largest absolute Gasteiger partial charge is 0.505 e. The van der Waals surface area contributed by atoms with Gasteiger partial charge in [0.15, 0.2) is 28.7 Å². The lowest BCUT2D eigenvalue weighted by Crippen LogP contribution is -2.42. The maximum absolute atomic E-state index is 15.6. The zero-order chi connectivity index (χ0) is 68.7. The number of hydrogen-bond donors (Lipinski definition) is 7. The Bertz CT molecular complexity index is 3390. The van der Waals surface area contributed by atoms with Crippen LogP contribution in [0.5, 0.6) is 34.5 Å². The number of hydrogen-bond acceptors (Lipinski definition) is 22. The highest BCUT2D eigenvalue weighted by Gasteiger charge is 2.37. The first kappa shape index (κ1) is 75.8. The zero-order valence-electron chi connectivity index (χ0n) is 55.7. The number of fused-ring (bicyclic) bond motifs is 3. The lowest BCUT2D eigenvalue weighted by atomic mass is 9.73. The van der Waals surface area contributed by atoms with E-state index < -0.39 is 23.1 Å². The smallest absolute Gasteiger partial charge is 0.255 e. The number of phenols is 3. The minimum absolute atomic E-state index is 0.0171. The number of unbranched alkanes of at least 4 members (excludes halogenated alkanes) is 2. The van der Waals surface area contributed by atoms with Crippen LogP contribution in [0.4, 0.5) is 0 Å². The third-order valence-corrected chi connectivity index (χ3v) is 15.7. The molecule has 0 radical (unpaired) electrons. The Kier molecular flexibility index (Phi) is 33.5. The van der Waals surface area contributed by atoms with Gasteiger partial charge < -0.3 is 93.4 Å². The number of rotatable bonds is 50. The van der Waals surface area contributed by atoms with E-state index in [1.54, 1.807) is 113 Å². The number of carbonyl (C=O) groups excluding carboxylic acids is 4. The van der Waals surface area contributed by atoms with E-state index in [0.29, 0.717) is 168 Å². The second-order valence-corrected chi connectivity index (χ2v) is 22.5. The summed E-state index contributed by atoms with van der Waals surface area (Å²) in [6.07, 6.45) is 7.61. The second-order valence-electron chi connectivity index (χ2n) is 22.5. The molecule has 526 valence electrons. The molecule has 0 bridgehead atoms. The molecule has 0 unspecified atom stereocenters. The highest BCUT2D eigenvalue weighted by molar-refractivity contribution is 6.04. The van der Waals surface area contributed by atoms with E-state index in [4.69, 9.17) is 56.8 Å². The fraction of sp³-hybridized carbons (Fsp3) is 0.479. The third kappa shape index (κ3) is 24.5. The first-order valence-corrected chi connectivity index (χ1v) is 32.8. The minimum atomic E-state index is -1.12. The molecule has 0 aliphatic carbocycles. The van der Waals surface area contributed by atoms with Gasteiger partial charge in [-0.15, -0.1) is 0 Å². The molecule has 7 aromatic rings. The summed E-state index contributed by atoms with van der Waals surface area (Å²) in [5, 5.41) is 47.3. The predicted molar refractivity (Wildman–Crippen MR) is 362 cm³/mol. The van der Waals surface area contributed by atoms with Crippen molar-refractivity contribution in [3.05, 3.63) is 126 Å². The standard InChI is InChI=1S/C71H93N7O19/c1-86-30-33-89-36-39-92-42-45-95-58-48-51(49-59(96-46-43-93-40-37-90-34-31-87-2)66(58)97-47-44-94-41-38-91-35-32-88-3)50-78-70(85)71(23-11-29-77-69(84)57-20-17-54-14-10-28-74-62(54)65(57)81,21-4-6-24-75-67(82)55-18-15-52-12-8-26-72-60(52)63(55)79)22-5-7-25-76-68(83)56-19-16-53-13-9-27-73-61(53)64(56)80/h8-10,12-20,26-28,48-49,79-81H,4-7,11,21-25,29-47,50H2,1-3H3,(H,75,82)(H,76,83)(H,77,84)(H,78,85). The lowest BCUT2D eigenvalue weighted by molar-refractivity contribution is -0.133. The summed E-state index contributed by atoms with van der Waals surface area (Å²) in [4.78, 5) is 69.3. The van der Waals surface area contributed by atoms with Crippen molar-refractivity contribution in [3.63, 3.8) is 0 Å². The Morgan fingerprint density at radius 1 is 0.392 bits per heavy atom. The topological polar surface area (TPSA) is 327 Å². The van der Waals surface area contributed by atoms with Gasteiger partial charge in [0, 0.05) is 87.7 Å². The molecule has 4 aromatic carbocycles. The first-order chi connectivity index (χ1) is 47.5. The van der Waals surface area contributed by atoms with Crippen LogP contribution >= 0.6 is 0 Å². The quantitative estimate of drug-likeness (QED) is 0.0180. The highest BCUT2D eigenvalue weighted by atomic mass is 16.6. The number of methoxy groups -OCH3 is 3. The van der Waals surface area contributed by atoms with E-state index in [2.05, 4.69) is 36.2 Å². The van der Waals surface area contributed by atoms with E-state index >= 15 is 4.79 Å². The van der Waals surface area contributed by atoms with Crippen molar-refractivity contribution in [2.75, 3.05) is 160 Å². The van der Waals surface area contributed by atoms with Gasteiger partial charge in [0.1, 0.15) is 36.4 Å². The summed E-state index contributed by atoms with van der Waals surface area (Å²) in [7, 11) is 4.80. The van der Waals surface area contributed by atoms with E-state index in [1.807, 2.05) is 0 Å². The molecule has 0 fully saturated rings. The summed E-state index contributed by atoms with van der Waals surface area (Å²) in [5.41, 5.74) is 0.536. The van der Waals surface area contributed by atoms with Crippen LogP contribution < -0.4 is 35.5 Å². The van der Waals surface area contributed by atoms with Crippen molar-refractivity contribution in [2.45, 2.75) is 57.9 Å². The Balaban J connectivity index is 1.14. The monoisotopic (exact) mass is 1350 g/mol. The van der Waals surface area contributed by atoms with E-state index in [0.717, 1.165) is 0 Å². The van der Waals surface area contributed by atoms with Crippen LogP contribution in [-0.2, 0) is 54.0 Å². The Labute approximate surface area is 565 Å². The summed E-state index contributed by atoms with van der Waals surface area (Å²) in [5.74, 6) is -1.64. The molecule has 0 aliphatic rings. The van der Waals surface area contributed by atoms with Crippen LogP contribution in [0.1, 0.15) is 88.0 Å². The number of carbonyl (C=O) groups is 4. The molecule has 97 heavy (non-hydrogen) atoms. The fourth-order valence-corrected chi connectivity index (χ4v) is 10.6. The molecular weight excluding hydrogens is 1250 g/mol. The number of phenolic OH excluding ortho intramolecular Hbond substituents is 3. The first-order valence-electron chi connectivity index (χ1n) is 32.8. The Morgan fingerprint density at radius 3 is 1.09 bits per heavy atom. The third-order valence-electron chi connectivity index (χ3n) is 15.7. The average Bonchev–Trinajstić information content (AvgIpc) is 0.855. The van der Waals surface area contributed by atoms with Crippen molar-refractivity contribution in [1.82, 2.24) is 36.2 Å². The molecule has 0 saturated heterocycles. The number of amides is 4. The maximum atomic E-state index is 15.6. The van der Waals surface area contributed by atoms with Crippen molar-refractivity contribution in [3.8, 4) is 34.5 Å². The van der Waals surface area contributed by atoms with E-state index in [9.17, 15) is 29.7 Å². The molecule has 26 heteroatoms. The fourth-order valence-electron chi connectivity index (χ4n) is 10.6. The predicted octanol–water partition coefficient (Wildman–Crippen LogP) is 7.64. The number of benzene rings is 4. The van der Waals surface area contributed by atoms with Gasteiger partial charge in [0.05, 0.1) is 116 Å². The molecule has 0 saturated carbocycles. The number of pyridine rings is 3. The molecule has 3 aromatic heterocycles. The maximum Gasteiger partial charge on any atom is 0.255 e. The molecule has 3 heterocycles. The molecular formula is C71H93N7O19. The molecule has 26 nitrogen and oxygen atoms in total. The van der Waals surface area contributed by atoms with Crippen molar-refractivity contribution in [2.24, 2.45) is 5.41 Å². The number of aromatic hydroxyl groups is 3. The molecule has 0 spiro atoms. The van der Waals surface area contributed by atoms with Gasteiger partial charge in [-0.25, -0.2) is 0 Å². The minimum Gasteiger partial charge on any atom is -0.505 e. The van der Waals surface area contributed by atoms with Crippen LogP contribution in [0, 0.1) is 5.41 Å². The second kappa shape index (κ2) is 42.9. The lowest BCUT2D eigenvalue weighted by Gasteiger charge is -2.33. The van der Waals surface area contributed by atoms with Crippen LogP contribution in [0.2, 0.25) is 0 Å². The zero-order valence-corrected chi connectivity index (χ0v) is 55.7. The van der Waals surface area contributed by atoms with Crippen molar-refractivity contribution >= 4 is 56.3 Å². The molecule has 7 rings (SSSR count). The van der Waals surface area contributed by atoms with Gasteiger partial charge in [-0.05, 0) is 92.6 Å². The van der Waals surface area contributed by atoms with Crippen LogP contribution in [0.15, 0.2) is 104 Å². The summed E-state index contributed by atoms with van der Waals surface area (Å²) in [6, 6.07) is 23.9. The normalized spacial score (nSPS) is 11.5. The molecule has 4 amide bonds. The van der Waals surface area contributed by atoms with Crippen molar-refractivity contribution in [1.29, 1.82) is 0 Å². The van der Waals surface area contributed by atoms with Crippen LogP contribution in [-0.4, -0.2) is 214 Å². The van der Waals surface area contributed by atoms with Gasteiger partial charge in [0.25, 0.3) is 17.7 Å². The highest BCUT2D eigenvalue weighted by Crippen LogP contribution is 2.41. The van der Waals surface area contributed by atoms with Crippen LogP contribution in [0.3, 0.4) is 0 Å². The van der Waals surface area contributed by atoms with Gasteiger partial charge >= 0.3 is 0 Å². The number of aromatic nitrogens is 3. The molecule has 0 atom stereocenters. The van der Waals surface area contributed by atoms with Gasteiger partial charge in [-0.1, -0.05) is 49.2 Å². The number of nitrogens with zero attached hydrogens (tertiary/aromatic N) is 3. The van der Waals surface area contributed by atoms with Gasteiger partial charge in [0.2, 0.25) is 11.7 Å². The summed E-state index contributed by atoms with van der Waals surface area (Å²) < 4.78 is 68.6. The average molecular weight is 1350 g/mol.